The van der Waals surface area contributed by atoms with E-state index in [2.05, 4.69) is 10.6 Å². The molecule has 0 fully saturated rings. The molecule has 2 atom stereocenters. The Morgan fingerprint density at radius 1 is 0.708 bits per heavy atom. The lowest BCUT2D eigenvalue weighted by Gasteiger charge is -2.16. The number of amides is 2. The lowest BCUT2D eigenvalue weighted by Crippen LogP contribution is -2.47. The first kappa shape index (κ1) is 17.7. The highest BCUT2D eigenvalue weighted by molar-refractivity contribution is 6.35. The first-order valence-electron chi connectivity index (χ1n) is 8.24. The quantitative estimate of drug-likeness (QED) is 0.802. The van der Waals surface area contributed by atoms with Gasteiger partial charge in [-0.3, -0.25) is 9.59 Å². The van der Waals surface area contributed by atoms with E-state index in [-0.39, 0.29) is 12.1 Å². The number of nitrogens with one attached hydrogen (secondary N) is 2. The van der Waals surface area contributed by atoms with Crippen LogP contribution < -0.4 is 10.6 Å². The molecule has 0 aromatic heterocycles. The highest BCUT2D eigenvalue weighted by Gasteiger charge is 2.18. The minimum Gasteiger partial charge on any atom is -0.345 e. The Labute approximate surface area is 143 Å². The van der Waals surface area contributed by atoms with Crippen molar-refractivity contribution in [3.8, 4) is 0 Å². The van der Waals surface area contributed by atoms with Crippen LogP contribution in [0.5, 0.6) is 0 Å². The van der Waals surface area contributed by atoms with Crippen molar-refractivity contribution in [2.24, 2.45) is 0 Å². The largest absolute Gasteiger partial charge is 0.345 e. The summed E-state index contributed by atoms with van der Waals surface area (Å²) in [5, 5.41) is 5.49. The number of carbonyl (C=O) groups is 2. The molecule has 0 aliphatic rings. The van der Waals surface area contributed by atoms with Gasteiger partial charge in [0.05, 0.1) is 0 Å². The molecule has 2 amide bonds. The van der Waals surface area contributed by atoms with E-state index < -0.39 is 11.8 Å². The Bertz CT molecular complexity index is 596. The SMILES string of the molecule is CC(Cc1ccccc1)NC(=O)C(=O)NC(C)Cc1ccccc1. The summed E-state index contributed by atoms with van der Waals surface area (Å²) in [6.07, 6.45) is 1.39. The molecule has 2 unspecified atom stereocenters. The highest BCUT2D eigenvalue weighted by Crippen LogP contribution is 2.04. The maximum Gasteiger partial charge on any atom is 0.309 e. The van der Waals surface area contributed by atoms with Gasteiger partial charge >= 0.3 is 11.8 Å². The molecule has 0 heterocycles. The van der Waals surface area contributed by atoms with Crippen LogP contribution in [0, 0.1) is 0 Å². The molecule has 4 heteroatoms. The van der Waals surface area contributed by atoms with E-state index in [1.165, 1.54) is 0 Å². The van der Waals surface area contributed by atoms with Gasteiger partial charge in [0.1, 0.15) is 0 Å². The summed E-state index contributed by atoms with van der Waals surface area (Å²) in [5.74, 6) is -1.17. The summed E-state index contributed by atoms with van der Waals surface area (Å²) in [7, 11) is 0. The molecule has 2 aromatic rings. The Balaban J connectivity index is 1.78. The zero-order valence-corrected chi connectivity index (χ0v) is 14.2. The third-order valence-corrected chi connectivity index (χ3v) is 3.73. The van der Waals surface area contributed by atoms with E-state index >= 15 is 0 Å². The molecule has 0 saturated carbocycles. The minimum absolute atomic E-state index is 0.102. The second-order valence-electron chi connectivity index (χ2n) is 6.13. The van der Waals surface area contributed by atoms with Crippen molar-refractivity contribution in [3.63, 3.8) is 0 Å². The highest BCUT2D eigenvalue weighted by atomic mass is 16.2. The van der Waals surface area contributed by atoms with E-state index in [0.29, 0.717) is 12.8 Å². The first-order valence-corrected chi connectivity index (χ1v) is 8.24. The normalized spacial score (nSPS) is 12.9. The predicted molar refractivity (Wildman–Crippen MR) is 95.5 cm³/mol. The molecule has 2 rings (SSSR count). The lowest BCUT2D eigenvalue weighted by atomic mass is 10.1. The van der Waals surface area contributed by atoms with Crippen LogP contribution >= 0.6 is 0 Å². The molecule has 2 aromatic carbocycles. The molecule has 0 saturated heterocycles. The van der Waals surface area contributed by atoms with Crippen LogP contribution in [0.3, 0.4) is 0 Å². The number of rotatable bonds is 6. The van der Waals surface area contributed by atoms with E-state index in [9.17, 15) is 9.59 Å². The van der Waals surface area contributed by atoms with Crippen molar-refractivity contribution in [3.05, 3.63) is 71.8 Å². The topological polar surface area (TPSA) is 58.2 Å². The van der Waals surface area contributed by atoms with Gasteiger partial charge in [0.25, 0.3) is 0 Å². The van der Waals surface area contributed by atoms with Crippen LogP contribution in [0.25, 0.3) is 0 Å². The number of hydrogen-bond acceptors (Lipinski definition) is 2. The molecule has 24 heavy (non-hydrogen) atoms. The van der Waals surface area contributed by atoms with E-state index in [0.717, 1.165) is 11.1 Å². The van der Waals surface area contributed by atoms with E-state index in [4.69, 9.17) is 0 Å². The summed E-state index contributed by atoms with van der Waals surface area (Å²) in [6.45, 7) is 3.79. The minimum atomic E-state index is -0.585. The summed E-state index contributed by atoms with van der Waals surface area (Å²) >= 11 is 0. The van der Waals surface area contributed by atoms with Crippen molar-refractivity contribution in [2.75, 3.05) is 0 Å². The van der Waals surface area contributed by atoms with Crippen molar-refractivity contribution in [1.82, 2.24) is 10.6 Å². The van der Waals surface area contributed by atoms with Gasteiger partial charge in [-0.2, -0.15) is 0 Å². The van der Waals surface area contributed by atoms with Crippen LogP contribution in [-0.4, -0.2) is 23.9 Å². The fourth-order valence-electron chi connectivity index (χ4n) is 2.62. The number of hydrogen-bond donors (Lipinski definition) is 2. The fraction of sp³-hybridized carbons (Fsp3) is 0.300. The number of benzene rings is 2. The molecule has 126 valence electrons. The zero-order chi connectivity index (χ0) is 17.4. The van der Waals surface area contributed by atoms with Crippen molar-refractivity contribution in [1.29, 1.82) is 0 Å². The van der Waals surface area contributed by atoms with Crippen molar-refractivity contribution < 1.29 is 9.59 Å². The standard InChI is InChI=1S/C20H24N2O2/c1-15(13-17-9-5-3-6-10-17)21-19(23)20(24)22-16(2)14-18-11-7-4-8-12-18/h3-12,15-16H,13-14H2,1-2H3,(H,21,23)(H,22,24). The van der Waals surface area contributed by atoms with Gasteiger partial charge < -0.3 is 10.6 Å². The average Bonchev–Trinajstić information content (AvgIpc) is 2.56. The van der Waals surface area contributed by atoms with Gasteiger partial charge in [0.2, 0.25) is 0 Å². The van der Waals surface area contributed by atoms with E-state index in [1.54, 1.807) is 0 Å². The van der Waals surface area contributed by atoms with Gasteiger partial charge in [-0.1, -0.05) is 60.7 Å². The second-order valence-corrected chi connectivity index (χ2v) is 6.13. The van der Waals surface area contributed by atoms with Gasteiger partial charge in [-0.25, -0.2) is 0 Å². The lowest BCUT2D eigenvalue weighted by molar-refractivity contribution is -0.139. The molecule has 0 bridgehead atoms. The van der Waals surface area contributed by atoms with Gasteiger partial charge in [-0.15, -0.1) is 0 Å². The molecule has 0 aliphatic carbocycles. The summed E-state index contributed by atoms with van der Waals surface area (Å²) in [4.78, 5) is 24.0. The third-order valence-electron chi connectivity index (χ3n) is 3.73. The molecular formula is C20H24N2O2. The van der Waals surface area contributed by atoms with Gasteiger partial charge in [-0.05, 0) is 37.8 Å². The Kier molecular flexibility index (Phi) is 6.55. The zero-order valence-electron chi connectivity index (χ0n) is 14.2. The fourth-order valence-corrected chi connectivity index (χ4v) is 2.62. The molecule has 2 N–H and O–H groups in total. The van der Waals surface area contributed by atoms with Gasteiger partial charge in [0.15, 0.2) is 0 Å². The summed E-state index contributed by atoms with van der Waals surface area (Å²) < 4.78 is 0. The van der Waals surface area contributed by atoms with Gasteiger partial charge in [0, 0.05) is 12.1 Å². The molecule has 0 aliphatic heterocycles. The Hall–Kier alpha value is -2.62. The third kappa shape index (κ3) is 5.88. The molecule has 0 radical (unpaired) electrons. The Morgan fingerprint density at radius 2 is 1.04 bits per heavy atom. The van der Waals surface area contributed by atoms with Crippen LogP contribution in [-0.2, 0) is 22.4 Å². The van der Waals surface area contributed by atoms with Crippen LogP contribution in [0.2, 0.25) is 0 Å². The second kappa shape index (κ2) is 8.87. The maximum atomic E-state index is 12.0. The Morgan fingerprint density at radius 3 is 1.38 bits per heavy atom. The van der Waals surface area contributed by atoms with Crippen LogP contribution in [0.15, 0.2) is 60.7 Å². The molecule has 0 spiro atoms. The summed E-state index contributed by atoms with van der Waals surface area (Å²) in [6, 6.07) is 19.6. The average molecular weight is 324 g/mol. The van der Waals surface area contributed by atoms with E-state index in [1.807, 2.05) is 74.5 Å². The smallest absolute Gasteiger partial charge is 0.309 e. The molecule has 4 nitrogen and oxygen atoms in total. The maximum absolute atomic E-state index is 12.0. The monoisotopic (exact) mass is 324 g/mol. The van der Waals surface area contributed by atoms with Crippen molar-refractivity contribution >= 4 is 11.8 Å². The molecular weight excluding hydrogens is 300 g/mol. The predicted octanol–water partition coefficient (Wildman–Crippen LogP) is 2.48. The summed E-state index contributed by atoms with van der Waals surface area (Å²) in [5.41, 5.74) is 2.26. The van der Waals surface area contributed by atoms with Crippen LogP contribution in [0.1, 0.15) is 25.0 Å². The van der Waals surface area contributed by atoms with Crippen molar-refractivity contribution in [2.45, 2.75) is 38.8 Å². The van der Waals surface area contributed by atoms with Crippen LogP contribution in [0.4, 0.5) is 0 Å². The number of carbonyl (C=O) groups excluding carboxylic acids is 2. The first-order chi connectivity index (χ1) is 11.5.